The van der Waals surface area contributed by atoms with Gasteiger partial charge in [-0.05, 0) is 49.6 Å². The summed E-state index contributed by atoms with van der Waals surface area (Å²) in [6, 6.07) is 9.75. The molecule has 0 amide bonds. The smallest absolute Gasteiger partial charge is 0.163 e. The van der Waals surface area contributed by atoms with E-state index in [1.165, 1.54) is 11.2 Å². The van der Waals surface area contributed by atoms with Crippen LogP contribution in [0.15, 0.2) is 53.8 Å². The van der Waals surface area contributed by atoms with E-state index in [-0.39, 0.29) is 0 Å². The highest BCUT2D eigenvalue weighted by Gasteiger charge is 2.16. The minimum atomic E-state index is 0.604. The van der Waals surface area contributed by atoms with E-state index in [0.29, 0.717) is 17.2 Å². The first-order chi connectivity index (χ1) is 13.5. The number of rotatable bonds is 7. The zero-order valence-corrected chi connectivity index (χ0v) is 17.1. The summed E-state index contributed by atoms with van der Waals surface area (Å²) >= 11 is 0. The van der Waals surface area contributed by atoms with Crippen LogP contribution >= 0.6 is 0 Å². The molecule has 0 saturated carbocycles. The van der Waals surface area contributed by atoms with Gasteiger partial charge < -0.3 is 15.2 Å². The third kappa shape index (κ3) is 4.53. The molecule has 0 atom stereocenters. The van der Waals surface area contributed by atoms with Crippen LogP contribution in [0.5, 0.6) is 11.5 Å². The van der Waals surface area contributed by atoms with Gasteiger partial charge in [-0.15, -0.1) is 0 Å². The predicted molar refractivity (Wildman–Crippen MR) is 117 cm³/mol. The normalized spacial score (nSPS) is 12.0. The first kappa shape index (κ1) is 21.1. The Morgan fingerprint density at radius 1 is 1.07 bits per heavy atom. The molecule has 28 heavy (non-hydrogen) atoms. The third-order valence-electron chi connectivity index (χ3n) is 4.37. The molecule has 0 aliphatic rings. The summed E-state index contributed by atoms with van der Waals surface area (Å²) in [6.45, 7) is 5.89. The molecule has 2 rings (SSSR count). The summed E-state index contributed by atoms with van der Waals surface area (Å²) in [7, 11) is 3.21. The van der Waals surface area contributed by atoms with Crippen molar-refractivity contribution in [2.75, 3.05) is 19.2 Å². The van der Waals surface area contributed by atoms with E-state index in [1.54, 1.807) is 20.4 Å². The average Bonchev–Trinajstić information content (AvgIpc) is 2.69. The summed E-state index contributed by atoms with van der Waals surface area (Å²) in [5.74, 6) is 7.70. The monoisotopic (exact) mass is 380 g/mol. The summed E-state index contributed by atoms with van der Waals surface area (Å²) in [4.78, 5) is 4.27. The van der Waals surface area contributed by atoms with Crippen molar-refractivity contribution >= 4 is 17.6 Å². The molecule has 0 heterocycles. The second kappa shape index (κ2) is 9.62. The summed E-state index contributed by atoms with van der Waals surface area (Å²) in [6.07, 6.45) is 6.92. The molecule has 6 nitrogen and oxygen atoms in total. The maximum atomic E-state index is 6.42. The molecule has 0 aliphatic heterocycles. The Kier molecular flexibility index (Phi) is 7.23. The van der Waals surface area contributed by atoms with Gasteiger partial charge in [-0.2, -0.15) is 0 Å². The van der Waals surface area contributed by atoms with Crippen molar-refractivity contribution in [3.8, 4) is 11.5 Å². The molecule has 0 spiro atoms. The average molecular weight is 380 g/mol. The first-order valence-corrected chi connectivity index (χ1v) is 8.91. The van der Waals surface area contributed by atoms with Crippen molar-refractivity contribution in [1.29, 1.82) is 0 Å². The molecule has 2 aromatic carbocycles. The van der Waals surface area contributed by atoms with Gasteiger partial charge in [0.15, 0.2) is 11.5 Å². The van der Waals surface area contributed by atoms with Crippen LogP contribution in [0.1, 0.15) is 29.2 Å². The quantitative estimate of drug-likeness (QED) is 0.432. The molecule has 0 fully saturated rings. The Morgan fingerprint density at radius 2 is 1.82 bits per heavy atom. The molecular formula is C22H28N4O2. The molecule has 6 heteroatoms. The summed E-state index contributed by atoms with van der Waals surface area (Å²) in [5, 5.41) is 1.53. The van der Waals surface area contributed by atoms with Crippen LogP contribution < -0.4 is 26.1 Å². The highest BCUT2D eigenvalue weighted by atomic mass is 16.5. The maximum absolute atomic E-state index is 6.42. The number of hydrazine groups is 1. The van der Waals surface area contributed by atoms with Gasteiger partial charge >= 0.3 is 0 Å². The number of benzene rings is 2. The Hall–Kier alpha value is -3.25. The highest BCUT2D eigenvalue weighted by Crippen LogP contribution is 2.36. The third-order valence-corrected chi connectivity index (χ3v) is 4.37. The Balaban J connectivity index is 2.46. The SMILES string of the molecule is C/C=C\N=Cc1cc(/C(=C/N)N(N)c2cc(C)c(OC)c(OC)c2)ccc1C. The number of allylic oxidation sites excluding steroid dienone is 1. The van der Waals surface area contributed by atoms with Crippen molar-refractivity contribution in [3.05, 3.63) is 71.1 Å². The number of nitrogens with two attached hydrogens (primary N) is 2. The van der Waals surface area contributed by atoms with Crippen LogP contribution in [0.25, 0.3) is 5.70 Å². The van der Waals surface area contributed by atoms with E-state index >= 15 is 0 Å². The van der Waals surface area contributed by atoms with Crippen LogP contribution in [-0.4, -0.2) is 20.4 Å². The van der Waals surface area contributed by atoms with Crippen molar-refractivity contribution in [2.45, 2.75) is 20.8 Å². The summed E-state index contributed by atoms with van der Waals surface area (Å²) < 4.78 is 10.8. The number of hydrogen-bond donors (Lipinski definition) is 2. The fourth-order valence-corrected chi connectivity index (χ4v) is 2.88. The lowest BCUT2D eigenvalue weighted by Gasteiger charge is -2.24. The molecule has 2 aromatic rings. The van der Waals surface area contributed by atoms with Gasteiger partial charge in [-0.1, -0.05) is 18.2 Å². The van der Waals surface area contributed by atoms with Crippen molar-refractivity contribution in [1.82, 2.24) is 0 Å². The summed E-state index contributed by atoms with van der Waals surface area (Å²) in [5.41, 5.74) is 11.2. The maximum Gasteiger partial charge on any atom is 0.163 e. The number of nitrogens with zero attached hydrogens (tertiary/aromatic N) is 2. The minimum absolute atomic E-state index is 0.604. The van der Waals surface area contributed by atoms with E-state index < -0.39 is 0 Å². The lowest BCUT2D eigenvalue weighted by Crippen LogP contribution is -2.30. The highest BCUT2D eigenvalue weighted by molar-refractivity contribution is 5.86. The van der Waals surface area contributed by atoms with Gasteiger partial charge in [0.25, 0.3) is 0 Å². The van der Waals surface area contributed by atoms with Gasteiger partial charge in [0.1, 0.15) is 0 Å². The van der Waals surface area contributed by atoms with Gasteiger partial charge in [-0.3, -0.25) is 10.0 Å². The van der Waals surface area contributed by atoms with Gasteiger partial charge in [-0.25, -0.2) is 5.84 Å². The number of aliphatic imine (C=N–C) groups is 1. The minimum Gasteiger partial charge on any atom is -0.493 e. The van der Waals surface area contributed by atoms with Crippen LogP contribution in [-0.2, 0) is 0 Å². The second-order valence-corrected chi connectivity index (χ2v) is 6.25. The van der Waals surface area contributed by atoms with E-state index in [4.69, 9.17) is 21.1 Å². The van der Waals surface area contributed by atoms with Crippen LogP contribution in [0, 0.1) is 13.8 Å². The lowest BCUT2D eigenvalue weighted by molar-refractivity contribution is 0.353. The van der Waals surface area contributed by atoms with Gasteiger partial charge in [0.05, 0.1) is 25.6 Å². The van der Waals surface area contributed by atoms with Crippen molar-refractivity contribution in [2.24, 2.45) is 16.6 Å². The topological polar surface area (TPSA) is 86.1 Å². The Bertz CT molecular complexity index is 917. The lowest BCUT2D eigenvalue weighted by atomic mass is 10.0. The molecule has 0 unspecified atom stereocenters. The molecule has 0 saturated heterocycles. The van der Waals surface area contributed by atoms with Crippen LogP contribution in [0.4, 0.5) is 5.69 Å². The van der Waals surface area contributed by atoms with E-state index in [9.17, 15) is 0 Å². The van der Waals surface area contributed by atoms with Crippen LogP contribution in [0.3, 0.4) is 0 Å². The first-order valence-electron chi connectivity index (χ1n) is 8.91. The number of methoxy groups -OCH3 is 2. The number of anilines is 1. The molecule has 0 bridgehead atoms. The molecular weight excluding hydrogens is 352 g/mol. The van der Waals surface area contributed by atoms with Crippen molar-refractivity contribution in [3.63, 3.8) is 0 Å². The molecule has 0 radical (unpaired) electrons. The zero-order valence-electron chi connectivity index (χ0n) is 17.1. The predicted octanol–water partition coefficient (Wildman–Crippen LogP) is 3.91. The van der Waals surface area contributed by atoms with E-state index in [0.717, 1.165) is 27.9 Å². The number of hydrogen-bond acceptors (Lipinski definition) is 6. The van der Waals surface area contributed by atoms with E-state index in [2.05, 4.69) is 4.99 Å². The standard InChI is InChI=1S/C22H28N4O2/c1-6-9-25-14-18-11-17(8-7-15(18)2)20(13-23)26(24)19-10-16(3)22(28-5)21(12-19)27-4/h6-14H,23-24H2,1-5H3/b9-6-,20-13-,25-14?. The van der Waals surface area contributed by atoms with Crippen LogP contribution in [0.2, 0.25) is 0 Å². The fraction of sp³-hybridized carbons (Fsp3) is 0.227. The Labute approximate surface area is 166 Å². The molecule has 148 valence electrons. The molecule has 0 aromatic heterocycles. The zero-order chi connectivity index (χ0) is 20.7. The number of ether oxygens (including phenoxy) is 2. The van der Waals surface area contributed by atoms with Gasteiger partial charge in [0, 0.05) is 30.2 Å². The fourth-order valence-electron chi connectivity index (χ4n) is 2.88. The number of aryl methyl sites for hydroxylation is 2. The largest absolute Gasteiger partial charge is 0.493 e. The molecule has 4 N–H and O–H groups in total. The van der Waals surface area contributed by atoms with Crippen molar-refractivity contribution < 1.29 is 9.47 Å². The van der Waals surface area contributed by atoms with E-state index in [1.807, 2.05) is 63.4 Å². The Morgan fingerprint density at radius 3 is 2.43 bits per heavy atom. The second-order valence-electron chi connectivity index (χ2n) is 6.25. The molecule has 0 aliphatic carbocycles. The van der Waals surface area contributed by atoms with Gasteiger partial charge in [0.2, 0.25) is 0 Å².